The maximum absolute atomic E-state index is 12.7. The molecule has 0 saturated heterocycles. The number of amides is 1. The molecule has 4 aromatic rings. The van der Waals surface area contributed by atoms with Crippen molar-refractivity contribution in [3.63, 3.8) is 0 Å². The molecule has 1 aliphatic heterocycles. The smallest absolute Gasteiger partial charge is 0.226 e. The largest absolute Gasteiger partial charge is 0.394 e. The lowest BCUT2D eigenvalue weighted by Crippen LogP contribution is -2.32. The summed E-state index contributed by atoms with van der Waals surface area (Å²) < 4.78 is 0. The Balaban J connectivity index is 1.31. The average Bonchev–Trinajstić information content (AvgIpc) is 3.44. The molecule has 7 heteroatoms. The molecule has 160 valence electrons. The standard InChI is InChI=1S/C25H23N5O2/c1-15-9-17(6-7-26-15)25-21-13-28-19(10-18(21)12-29-25)11-23(32)30-22(14-31)20-4-2-3-16-5-8-27-24(16)20/h2-10,13,22,27,31H,11-12,14H2,1H3,(H,30,32)/t22-/m1/s1. The number of aryl methyl sites for hydroxylation is 1. The summed E-state index contributed by atoms with van der Waals surface area (Å²) in [6.07, 6.45) is 5.56. The molecule has 0 unspecified atom stereocenters. The van der Waals surface area contributed by atoms with Crippen molar-refractivity contribution in [3.05, 3.63) is 94.7 Å². The van der Waals surface area contributed by atoms with E-state index in [1.165, 1.54) is 0 Å². The van der Waals surface area contributed by atoms with E-state index >= 15 is 0 Å². The summed E-state index contributed by atoms with van der Waals surface area (Å²) in [5.74, 6) is -0.191. The molecule has 0 fully saturated rings. The molecule has 1 atom stereocenters. The lowest BCUT2D eigenvalue weighted by atomic mass is 10.0. The first-order chi connectivity index (χ1) is 15.6. The minimum atomic E-state index is -0.496. The Morgan fingerprint density at radius 2 is 2.12 bits per heavy atom. The highest BCUT2D eigenvalue weighted by molar-refractivity contribution is 6.15. The van der Waals surface area contributed by atoms with Crippen molar-refractivity contribution in [2.45, 2.75) is 25.9 Å². The molecule has 1 aliphatic rings. The van der Waals surface area contributed by atoms with E-state index in [0.717, 1.165) is 44.6 Å². The normalized spacial score (nSPS) is 13.6. The van der Waals surface area contributed by atoms with Gasteiger partial charge in [0, 0.05) is 41.0 Å². The van der Waals surface area contributed by atoms with Crippen LogP contribution in [-0.4, -0.2) is 38.3 Å². The van der Waals surface area contributed by atoms with Gasteiger partial charge in [-0.25, -0.2) is 0 Å². The van der Waals surface area contributed by atoms with E-state index in [2.05, 4.69) is 25.3 Å². The Kier molecular flexibility index (Phi) is 5.25. The summed E-state index contributed by atoms with van der Waals surface area (Å²) in [6, 6.07) is 13.2. The van der Waals surface area contributed by atoms with Crippen LogP contribution in [0.2, 0.25) is 0 Å². The van der Waals surface area contributed by atoms with Crippen LogP contribution in [0.15, 0.2) is 66.0 Å². The molecule has 0 radical (unpaired) electrons. The number of aliphatic imine (C=N–C) groups is 1. The van der Waals surface area contributed by atoms with E-state index in [9.17, 15) is 9.90 Å². The maximum Gasteiger partial charge on any atom is 0.226 e. The molecule has 4 heterocycles. The van der Waals surface area contributed by atoms with Crippen LogP contribution >= 0.6 is 0 Å². The van der Waals surface area contributed by atoms with Gasteiger partial charge in [0.25, 0.3) is 0 Å². The molecule has 7 nitrogen and oxygen atoms in total. The van der Waals surface area contributed by atoms with E-state index in [0.29, 0.717) is 12.2 Å². The molecule has 0 spiro atoms. The van der Waals surface area contributed by atoms with Gasteiger partial charge in [-0.2, -0.15) is 0 Å². The Morgan fingerprint density at radius 1 is 1.22 bits per heavy atom. The van der Waals surface area contributed by atoms with Crippen LogP contribution in [0.1, 0.15) is 39.7 Å². The van der Waals surface area contributed by atoms with E-state index in [1.807, 2.05) is 55.6 Å². The number of H-pyrrole nitrogens is 1. The van der Waals surface area contributed by atoms with E-state index < -0.39 is 6.04 Å². The fraction of sp³-hybridized carbons (Fsp3) is 0.200. The number of pyridine rings is 2. The number of carbonyl (C=O) groups is 1. The van der Waals surface area contributed by atoms with Gasteiger partial charge in [0.2, 0.25) is 5.91 Å². The highest BCUT2D eigenvalue weighted by atomic mass is 16.3. The molecule has 5 rings (SSSR count). The fourth-order valence-electron chi connectivity index (χ4n) is 4.21. The summed E-state index contributed by atoms with van der Waals surface area (Å²) >= 11 is 0. The van der Waals surface area contributed by atoms with Gasteiger partial charge in [-0.3, -0.25) is 19.8 Å². The predicted molar refractivity (Wildman–Crippen MR) is 123 cm³/mol. The van der Waals surface area contributed by atoms with Crippen LogP contribution in [0, 0.1) is 6.92 Å². The van der Waals surface area contributed by atoms with Crippen LogP contribution in [0.5, 0.6) is 0 Å². The van der Waals surface area contributed by atoms with Crippen molar-refractivity contribution >= 4 is 22.5 Å². The van der Waals surface area contributed by atoms with Gasteiger partial charge in [-0.1, -0.05) is 18.2 Å². The number of aromatic amines is 1. The topological polar surface area (TPSA) is 103 Å². The number of hydrogen-bond donors (Lipinski definition) is 3. The third-order valence-corrected chi connectivity index (χ3v) is 5.73. The Labute approximate surface area is 185 Å². The van der Waals surface area contributed by atoms with Crippen molar-refractivity contribution in [2.75, 3.05) is 6.61 Å². The van der Waals surface area contributed by atoms with Gasteiger partial charge in [-0.15, -0.1) is 0 Å². The molecule has 3 N–H and O–H groups in total. The SMILES string of the molecule is Cc1cc(C2=NCc3cc(CC(=O)N[C@H](CO)c4cccc5cc[nH]c45)ncc32)ccn1. The zero-order chi connectivity index (χ0) is 22.1. The van der Waals surface area contributed by atoms with Gasteiger partial charge < -0.3 is 15.4 Å². The third-order valence-electron chi connectivity index (χ3n) is 5.73. The quantitative estimate of drug-likeness (QED) is 0.442. The van der Waals surface area contributed by atoms with E-state index in [4.69, 9.17) is 0 Å². The van der Waals surface area contributed by atoms with Gasteiger partial charge in [-0.05, 0) is 42.1 Å². The first-order valence-electron chi connectivity index (χ1n) is 10.5. The number of nitrogens with zero attached hydrogens (tertiary/aromatic N) is 3. The number of fused-ring (bicyclic) bond motifs is 2. The highest BCUT2D eigenvalue weighted by Crippen LogP contribution is 2.25. The number of aliphatic hydroxyl groups excluding tert-OH is 1. The Bertz CT molecular complexity index is 1340. The summed E-state index contributed by atoms with van der Waals surface area (Å²) in [7, 11) is 0. The summed E-state index contributed by atoms with van der Waals surface area (Å²) in [6.45, 7) is 2.33. The minimum Gasteiger partial charge on any atom is -0.394 e. The van der Waals surface area contributed by atoms with Gasteiger partial charge >= 0.3 is 0 Å². The molecule has 1 amide bonds. The zero-order valence-electron chi connectivity index (χ0n) is 17.7. The van der Waals surface area contributed by atoms with Crippen molar-refractivity contribution in [1.29, 1.82) is 0 Å². The van der Waals surface area contributed by atoms with E-state index in [1.54, 1.807) is 12.4 Å². The molecule has 0 aliphatic carbocycles. The number of carbonyl (C=O) groups excluding carboxylic acids is 1. The Morgan fingerprint density at radius 3 is 2.97 bits per heavy atom. The number of nitrogens with one attached hydrogen (secondary N) is 2. The lowest BCUT2D eigenvalue weighted by molar-refractivity contribution is -0.121. The van der Waals surface area contributed by atoms with E-state index in [-0.39, 0.29) is 18.9 Å². The molecule has 3 aromatic heterocycles. The van der Waals surface area contributed by atoms with Crippen molar-refractivity contribution < 1.29 is 9.90 Å². The van der Waals surface area contributed by atoms with Crippen LogP contribution in [0.4, 0.5) is 0 Å². The number of rotatable bonds is 6. The monoisotopic (exact) mass is 425 g/mol. The zero-order valence-corrected chi connectivity index (χ0v) is 17.7. The van der Waals surface area contributed by atoms with Crippen molar-refractivity contribution in [2.24, 2.45) is 4.99 Å². The molecular weight excluding hydrogens is 402 g/mol. The van der Waals surface area contributed by atoms with Gasteiger partial charge in [0.05, 0.1) is 42.5 Å². The average molecular weight is 425 g/mol. The second-order valence-corrected chi connectivity index (χ2v) is 7.95. The first kappa shape index (κ1) is 20.1. The first-order valence-corrected chi connectivity index (χ1v) is 10.5. The molecular formula is C25H23N5O2. The second kappa shape index (κ2) is 8.36. The maximum atomic E-state index is 12.7. The van der Waals surface area contributed by atoms with Crippen LogP contribution in [0.3, 0.4) is 0 Å². The number of hydrogen-bond acceptors (Lipinski definition) is 5. The number of benzene rings is 1. The number of aliphatic hydroxyl groups is 1. The lowest BCUT2D eigenvalue weighted by Gasteiger charge is -2.18. The number of aromatic nitrogens is 3. The summed E-state index contributed by atoms with van der Waals surface area (Å²) in [4.78, 5) is 29.4. The summed E-state index contributed by atoms with van der Waals surface area (Å²) in [5, 5.41) is 13.9. The molecule has 0 saturated carbocycles. The highest BCUT2D eigenvalue weighted by Gasteiger charge is 2.21. The number of para-hydroxylation sites is 1. The Hall–Kier alpha value is -3.84. The molecule has 1 aromatic carbocycles. The second-order valence-electron chi connectivity index (χ2n) is 7.95. The van der Waals surface area contributed by atoms with Gasteiger partial charge in [0.15, 0.2) is 0 Å². The molecule has 0 bridgehead atoms. The predicted octanol–water partition coefficient (Wildman–Crippen LogP) is 3.01. The summed E-state index contributed by atoms with van der Waals surface area (Å²) in [5.41, 5.74) is 7.37. The van der Waals surface area contributed by atoms with Crippen LogP contribution < -0.4 is 5.32 Å². The molecule has 32 heavy (non-hydrogen) atoms. The van der Waals surface area contributed by atoms with Crippen LogP contribution in [0.25, 0.3) is 10.9 Å². The third kappa shape index (κ3) is 3.78. The van der Waals surface area contributed by atoms with Crippen LogP contribution in [-0.2, 0) is 17.8 Å². The minimum absolute atomic E-state index is 0.133. The van der Waals surface area contributed by atoms with Gasteiger partial charge in [0.1, 0.15) is 0 Å². The van der Waals surface area contributed by atoms with Crippen molar-refractivity contribution in [1.82, 2.24) is 20.3 Å². The fourth-order valence-corrected chi connectivity index (χ4v) is 4.21. The van der Waals surface area contributed by atoms with Crippen molar-refractivity contribution in [3.8, 4) is 0 Å².